The van der Waals surface area contributed by atoms with E-state index in [0.29, 0.717) is 29.3 Å². The Hall–Kier alpha value is -3.46. The first-order valence-corrected chi connectivity index (χ1v) is 11.5. The average Bonchev–Trinajstić information content (AvgIpc) is 2.83. The minimum absolute atomic E-state index is 0.0125. The molecule has 2 aromatic carbocycles. The molecule has 0 fully saturated rings. The molecule has 0 aliphatic rings. The molecule has 0 unspecified atom stereocenters. The van der Waals surface area contributed by atoms with Gasteiger partial charge in [0.05, 0.1) is 31.2 Å². The number of anilines is 1. The van der Waals surface area contributed by atoms with Crippen molar-refractivity contribution in [3.05, 3.63) is 64.4 Å². The normalized spacial score (nSPS) is 10.6. The van der Waals surface area contributed by atoms with Gasteiger partial charge in [-0.2, -0.15) is 4.98 Å². The number of thioether (sulfide) groups is 1. The third-order valence-corrected chi connectivity index (χ3v) is 5.88. The number of unbranched alkanes of at least 4 members (excludes halogenated alkanes) is 1. The van der Waals surface area contributed by atoms with Crippen LogP contribution in [-0.2, 0) is 11.2 Å². The van der Waals surface area contributed by atoms with Crippen LogP contribution in [0.2, 0.25) is 0 Å². The number of ether oxygens (including phenoxy) is 2. The molecule has 0 aliphatic heterocycles. The van der Waals surface area contributed by atoms with E-state index in [-0.39, 0.29) is 33.8 Å². The lowest BCUT2D eigenvalue weighted by molar-refractivity contribution is -0.113. The smallest absolute Gasteiger partial charge is 0.265 e. The first-order chi connectivity index (χ1) is 16.0. The van der Waals surface area contributed by atoms with Gasteiger partial charge in [0.15, 0.2) is 5.16 Å². The van der Waals surface area contributed by atoms with Crippen molar-refractivity contribution < 1.29 is 19.4 Å². The largest absolute Gasteiger partial charge is 0.497 e. The number of hydrogen-bond donors (Lipinski definition) is 2. The Kier molecular flexibility index (Phi) is 8.37. The Morgan fingerprint density at radius 2 is 1.85 bits per heavy atom. The SMILES string of the molecule is CCCCc1c(O)nc(SCC(=O)Nc2ccc(OC)cc2)n(-c2ccccc2OC)c1=O. The van der Waals surface area contributed by atoms with Crippen LogP contribution in [0.4, 0.5) is 5.69 Å². The van der Waals surface area contributed by atoms with Gasteiger partial charge in [-0.15, -0.1) is 0 Å². The second kappa shape index (κ2) is 11.4. The third kappa shape index (κ3) is 5.87. The molecule has 0 spiro atoms. The van der Waals surface area contributed by atoms with Crippen LogP contribution in [-0.4, -0.2) is 40.5 Å². The van der Waals surface area contributed by atoms with Gasteiger partial charge in [0.2, 0.25) is 11.8 Å². The minimum atomic E-state index is -0.376. The number of benzene rings is 2. The van der Waals surface area contributed by atoms with E-state index in [1.807, 2.05) is 6.92 Å². The Morgan fingerprint density at radius 1 is 1.12 bits per heavy atom. The second-order valence-corrected chi connectivity index (χ2v) is 8.12. The number of nitrogens with zero attached hydrogens (tertiary/aromatic N) is 2. The highest BCUT2D eigenvalue weighted by atomic mass is 32.2. The molecule has 0 bridgehead atoms. The van der Waals surface area contributed by atoms with E-state index in [2.05, 4.69) is 10.3 Å². The van der Waals surface area contributed by atoms with Gasteiger partial charge in [0.25, 0.3) is 5.56 Å². The van der Waals surface area contributed by atoms with E-state index >= 15 is 0 Å². The highest BCUT2D eigenvalue weighted by molar-refractivity contribution is 7.99. The lowest BCUT2D eigenvalue weighted by Gasteiger charge is -2.16. The molecule has 9 heteroatoms. The van der Waals surface area contributed by atoms with E-state index in [9.17, 15) is 14.7 Å². The average molecular weight is 470 g/mol. The fraction of sp³-hybridized carbons (Fsp3) is 0.292. The van der Waals surface area contributed by atoms with Gasteiger partial charge in [-0.1, -0.05) is 37.2 Å². The first kappa shape index (κ1) is 24.2. The van der Waals surface area contributed by atoms with E-state index < -0.39 is 0 Å². The molecule has 174 valence electrons. The number of methoxy groups -OCH3 is 2. The molecule has 3 rings (SSSR count). The maximum Gasteiger partial charge on any atom is 0.265 e. The summed E-state index contributed by atoms with van der Waals surface area (Å²) in [5, 5.41) is 13.5. The number of nitrogens with one attached hydrogen (secondary N) is 1. The van der Waals surface area contributed by atoms with Crippen LogP contribution in [0.1, 0.15) is 25.3 Å². The van der Waals surface area contributed by atoms with Crippen molar-refractivity contribution in [3.63, 3.8) is 0 Å². The summed E-state index contributed by atoms with van der Waals surface area (Å²) < 4.78 is 12.0. The number of hydrogen-bond acceptors (Lipinski definition) is 7. The van der Waals surface area contributed by atoms with Crippen molar-refractivity contribution in [1.82, 2.24) is 9.55 Å². The van der Waals surface area contributed by atoms with Gasteiger partial charge in [-0.3, -0.25) is 14.2 Å². The molecule has 0 aliphatic carbocycles. The van der Waals surface area contributed by atoms with Crippen LogP contribution in [0.25, 0.3) is 5.69 Å². The van der Waals surface area contributed by atoms with Crippen LogP contribution in [0.15, 0.2) is 58.5 Å². The lowest BCUT2D eigenvalue weighted by atomic mass is 10.1. The van der Waals surface area contributed by atoms with Crippen molar-refractivity contribution >= 4 is 23.4 Å². The van der Waals surface area contributed by atoms with Gasteiger partial charge in [-0.05, 0) is 49.2 Å². The molecular formula is C24H27N3O5S. The fourth-order valence-electron chi connectivity index (χ4n) is 3.22. The highest BCUT2D eigenvalue weighted by Crippen LogP contribution is 2.28. The number of rotatable bonds is 10. The molecule has 1 heterocycles. The topological polar surface area (TPSA) is 103 Å². The summed E-state index contributed by atoms with van der Waals surface area (Å²) in [4.78, 5) is 30.2. The molecule has 8 nitrogen and oxygen atoms in total. The van der Waals surface area contributed by atoms with Crippen molar-refractivity contribution in [1.29, 1.82) is 0 Å². The van der Waals surface area contributed by atoms with Crippen LogP contribution in [0.5, 0.6) is 17.4 Å². The number of aromatic hydroxyl groups is 1. The van der Waals surface area contributed by atoms with E-state index in [1.165, 1.54) is 11.7 Å². The molecule has 0 radical (unpaired) electrons. The molecule has 0 saturated heterocycles. The first-order valence-electron chi connectivity index (χ1n) is 10.5. The second-order valence-electron chi connectivity index (χ2n) is 7.18. The predicted octanol–water partition coefficient (Wildman–Crippen LogP) is 4.03. The number of carbonyl (C=O) groups excluding carboxylic acids is 1. The number of para-hydroxylation sites is 2. The zero-order valence-corrected chi connectivity index (χ0v) is 19.6. The molecular weight excluding hydrogens is 442 g/mol. The maximum absolute atomic E-state index is 13.4. The highest BCUT2D eigenvalue weighted by Gasteiger charge is 2.20. The summed E-state index contributed by atoms with van der Waals surface area (Å²) in [6.45, 7) is 2.01. The number of carbonyl (C=O) groups is 1. The standard InChI is InChI=1S/C24H27N3O5S/c1-4-5-8-18-22(29)26-24(27(23(18)30)19-9-6-7-10-20(19)32-3)33-15-21(28)25-16-11-13-17(31-2)14-12-16/h6-7,9-14,29H,4-5,8,15H2,1-3H3,(H,25,28). The van der Waals surface area contributed by atoms with E-state index in [0.717, 1.165) is 24.6 Å². The summed E-state index contributed by atoms with van der Waals surface area (Å²) in [6, 6.07) is 14.0. The Balaban J connectivity index is 1.91. The lowest BCUT2D eigenvalue weighted by Crippen LogP contribution is -2.26. The molecule has 1 aromatic heterocycles. The Labute approximate surface area is 196 Å². The fourth-order valence-corrected chi connectivity index (χ4v) is 4.02. The molecule has 1 amide bonds. The monoisotopic (exact) mass is 469 g/mol. The number of aromatic nitrogens is 2. The van der Waals surface area contributed by atoms with Crippen LogP contribution in [0, 0.1) is 0 Å². The summed E-state index contributed by atoms with van der Waals surface area (Å²) in [5.74, 6) is 0.573. The van der Waals surface area contributed by atoms with Crippen molar-refractivity contribution in [2.75, 3.05) is 25.3 Å². The van der Waals surface area contributed by atoms with Gasteiger partial charge in [0, 0.05) is 5.69 Å². The van der Waals surface area contributed by atoms with Crippen molar-refractivity contribution in [2.24, 2.45) is 0 Å². The quantitative estimate of drug-likeness (QED) is 0.341. The van der Waals surface area contributed by atoms with E-state index in [4.69, 9.17) is 9.47 Å². The van der Waals surface area contributed by atoms with Gasteiger partial charge >= 0.3 is 0 Å². The summed E-state index contributed by atoms with van der Waals surface area (Å²) in [5.41, 5.74) is 0.982. The van der Waals surface area contributed by atoms with Gasteiger partial charge < -0.3 is 19.9 Å². The van der Waals surface area contributed by atoms with Crippen LogP contribution >= 0.6 is 11.8 Å². The zero-order chi connectivity index (χ0) is 23.8. The molecule has 2 N–H and O–H groups in total. The number of amides is 1. The van der Waals surface area contributed by atoms with Crippen molar-refractivity contribution in [2.45, 2.75) is 31.3 Å². The van der Waals surface area contributed by atoms with Gasteiger partial charge in [-0.25, -0.2) is 0 Å². The van der Waals surface area contributed by atoms with Crippen LogP contribution in [0.3, 0.4) is 0 Å². The summed E-state index contributed by atoms with van der Waals surface area (Å²) in [7, 11) is 3.09. The Bertz CT molecular complexity index is 1160. The summed E-state index contributed by atoms with van der Waals surface area (Å²) >= 11 is 1.06. The predicted molar refractivity (Wildman–Crippen MR) is 129 cm³/mol. The third-order valence-electron chi connectivity index (χ3n) is 4.94. The molecule has 33 heavy (non-hydrogen) atoms. The molecule has 0 atom stereocenters. The maximum atomic E-state index is 13.4. The zero-order valence-electron chi connectivity index (χ0n) is 18.8. The van der Waals surface area contributed by atoms with Crippen LogP contribution < -0.4 is 20.3 Å². The summed E-state index contributed by atoms with van der Waals surface area (Å²) in [6.07, 6.45) is 2.02. The minimum Gasteiger partial charge on any atom is -0.497 e. The van der Waals surface area contributed by atoms with Gasteiger partial charge in [0.1, 0.15) is 11.5 Å². The van der Waals surface area contributed by atoms with E-state index in [1.54, 1.807) is 55.6 Å². The van der Waals surface area contributed by atoms with Crippen molar-refractivity contribution in [3.8, 4) is 23.1 Å². The molecule has 3 aromatic rings. The Morgan fingerprint density at radius 3 is 2.52 bits per heavy atom. The molecule has 0 saturated carbocycles.